The van der Waals surface area contributed by atoms with Crippen LogP contribution in [0.1, 0.15) is 20.8 Å². The first-order valence-corrected chi connectivity index (χ1v) is 2.20. The molecule has 0 saturated heterocycles. The molecular weight excluding hydrogens is 88.1 g/mol. The fourth-order valence-electron chi connectivity index (χ4n) is 0.102. The molecular formula is C6H9O. The van der Waals surface area contributed by atoms with Crippen LogP contribution >= 0.6 is 0 Å². The van der Waals surface area contributed by atoms with Gasteiger partial charge in [0.2, 0.25) is 0 Å². The van der Waals surface area contributed by atoms with E-state index in [1.165, 1.54) is 0 Å². The summed E-state index contributed by atoms with van der Waals surface area (Å²) in [7, 11) is 0. The molecule has 0 rings (SSSR count). The van der Waals surface area contributed by atoms with Crippen molar-refractivity contribution >= 4 is 5.94 Å². The standard InChI is InChI=1S/C6H9O/c1-5(2)6(3)4-7/h1-3H3. The van der Waals surface area contributed by atoms with Crippen LogP contribution in [0, 0.1) is 5.92 Å². The molecule has 0 fully saturated rings. The Morgan fingerprint density at radius 2 is 1.71 bits per heavy atom. The van der Waals surface area contributed by atoms with Gasteiger partial charge in [-0.25, -0.2) is 4.79 Å². The Balaban J connectivity index is 3.81. The Kier molecular flexibility index (Phi) is 2.39. The van der Waals surface area contributed by atoms with Crippen molar-refractivity contribution < 1.29 is 4.79 Å². The van der Waals surface area contributed by atoms with Gasteiger partial charge in [-0.2, -0.15) is 0 Å². The zero-order valence-corrected chi connectivity index (χ0v) is 4.91. The Morgan fingerprint density at radius 1 is 1.29 bits per heavy atom. The molecule has 0 amide bonds. The molecule has 7 heavy (non-hydrogen) atoms. The van der Waals surface area contributed by atoms with Crippen molar-refractivity contribution in [2.45, 2.75) is 20.8 Å². The minimum atomic E-state index is 0.708. The van der Waals surface area contributed by atoms with E-state index >= 15 is 0 Å². The van der Waals surface area contributed by atoms with Gasteiger partial charge >= 0.3 is 0 Å². The molecule has 0 aromatic carbocycles. The highest BCUT2D eigenvalue weighted by atomic mass is 16.1. The van der Waals surface area contributed by atoms with E-state index in [2.05, 4.69) is 0 Å². The van der Waals surface area contributed by atoms with Crippen LogP contribution in [0.2, 0.25) is 0 Å². The van der Waals surface area contributed by atoms with E-state index in [0.717, 1.165) is 5.92 Å². The molecule has 1 heteroatoms. The van der Waals surface area contributed by atoms with Gasteiger partial charge in [-0.1, -0.05) is 13.8 Å². The third kappa shape index (κ3) is 2.18. The van der Waals surface area contributed by atoms with Crippen molar-refractivity contribution in [2.24, 2.45) is 0 Å². The zero-order valence-electron chi connectivity index (χ0n) is 4.91. The van der Waals surface area contributed by atoms with Crippen molar-refractivity contribution in [2.75, 3.05) is 0 Å². The molecule has 0 heterocycles. The van der Waals surface area contributed by atoms with Crippen molar-refractivity contribution in [3.63, 3.8) is 0 Å². The molecule has 1 nitrogen and oxygen atoms in total. The third-order valence-corrected chi connectivity index (χ3v) is 0.903. The van der Waals surface area contributed by atoms with Gasteiger partial charge in [0.15, 0.2) is 0 Å². The highest BCUT2D eigenvalue weighted by Gasteiger charge is 1.93. The summed E-state index contributed by atoms with van der Waals surface area (Å²) < 4.78 is 0. The monoisotopic (exact) mass is 97.1 g/mol. The van der Waals surface area contributed by atoms with Gasteiger partial charge in [-0.15, -0.1) is 0 Å². The second-order valence-electron chi connectivity index (χ2n) is 1.73. The summed E-state index contributed by atoms with van der Waals surface area (Å²) in [6.07, 6.45) is 0. The average Bonchev–Trinajstić information content (AvgIpc) is 1.65. The highest BCUT2D eigenvalue weighted by molar-refractivity contribution is 5.56. The van der Waals surface area contributed by atoms with Crippen molar-refractivity contribution in [3.05, 3.63) is 11.5 Å². The summed E-state index contributed by atoms with van der Waals surface area (Å²) in [4.78, 5) is 9.76. The molecule has 0 unspecified atom stereocenters. The van der Waals surface area contributed by atoms with Gasteiger partial charge in [0.1, 0.15) is 5.94 Å². The van der Waals surface area contributed by atoms with Crippen LogP contribution in [0.5, 0.6) is 0 Å². The minimum Gasteiger partial charge on any atom is -0.234 e. The first-order chi connectivity index (χ1) is 3.18. The summed E-state index contributed by atoms with van der Waals surface area (Å²) in [5.74, 6) is 2.83. The summed E-state index contributed by atoms with van der Waals surface area (Å²) in [6, 6.07) is 0. The molecule has 0 N–H and O–H groups in total. The first kappa shape index (κ1) is 6.45. The van der Waals surface area contributed by atoms with Gasteiger partial charge in [0.05, 0.1) is 0 Å². The molecule has 0 bridgehead atoms. The van der Waals surface area contributed by atoms with Crippen molar-refractivity contribution in [3.8, 4) is 0 Å². The fourth-order valence-corrected chi connectivity index (χ4v) is 0.102. The van der Waals surface area contributed by atoms with Crippen LogP contribution < -0.4 is 0 Å². The van der Waals surface area contributed by atoms with Crippen molar-refractivity contribution in [1.29, 1.82) is 0 Å². The van der Waals surface area contributed by atoms with Crippen LogP contribution in [0.4, 0.5) is 0 Å². The molecule has 0 aromatic heterocycles. The number of hydrogen-bond donors (Lipinski definition) is 0. The SMILES string of the molecule is C[C](C)C(C)=C=O. The Morgan fingerprint density at radius 3 is 1.71 bits per heavy atom. The lowest BCUT2D eigenvalue weighted by atomic mass is 10.1. The van der Waals surface area contributed by atoms with E-state index in [1.807, 2.05) is 13.8 Å². The molecule has 0 saturated carbocycles. The smallest absolute Gasteiger partial charge is 0.123 e. The normalized spacial score (nSPS) is 8.57. The molecule has 0 aliphatic heterocycles. The van der Waals surface area contributed by atoms with E-state index in [9.17, 15) is 4.79 Å². The Hall–Kier alpha value is -0.550. The first-order valence-electron chi connectivity index (χ1n) is 2.20. The van der Waals surface area contributed by atoms with Gasteiger partial charge in [-0.05, 0) is 6.92 Å². The summed E-state index contributed by atoms with van der Waals surface area (Å²) in [5, 5.41) is 0. The van der Waals surface area contributed by atoms with Crippen LogP contribution in [-0.4, -0.2) is 5.94 Å². The van der Waals surface area contributed by atoms with E-state index in [1.54, 1.807) is 12.9 Å². The second-order valence-corrected chi connectivity index (χ2v) is 1.73. The molecule has 0 aliphatic carbocycles. The molecule has 0 atom stereocenters. The Labute approximate surface area is 44.0 Å². The quantitative estimate of drug-likeness (QED) is 0.452. The third-order valence-electron chi connectivity index (χ3n) is 0.903. The summed E-state index contributed by atoms with van der Waals surface area (Å²) >= 11 is 0. The highest BCUT2D eigenvalue weighted by Crippen LogP contribution is 2.04. The molecule has 0 aliphatic rings. The van der Waals surface area contributed by atoms with Crippen LogP contribution in [-0.2, 0) is 4.79 Å². The fraction of sp³-hybridized carbons (Fsp3) is 0.500. The molecule has 1 radical (unpaired) electrons. The maximum absolute atomic E-state index is 9.76. The lowest BCUT2D eigenvalue weighted by molar-refractivity contribution is 0.567. The van der Waals surface area contributed by atoms with Crippen molar-refractivity contribution in [1.82, 2.24) is 0 Å². The van der Waals surface area contributed by atoms with E-state index < -0.39 is 0 Å². The number of hydrogen-bond acceptors (Lipinski definition) is 1. The minimum absolute atomic E-state index is 0.708. The van der Waals surface area contributed by atoms with Crippen LogP contribution in [0.15, 0.2) is 5.57 Å². The summed E-state index contributed by atoms with van der Waals surface area (Å²) in [5.41, 5.74) is 0.708. The molecule has 0 spiro atoms. The van der Waals surface area contributed by atoms with Crippen LogP contribution in [0.3, 0.4) is 0 Å². The molecule has 0 aromatic rings. The lowest BCUT2D eigenvalue weighted by Crippen LogP contribution is -1.84. The lowest BCUT2D eigenvalue weighted by Gasteiger charge is -1.93. The number of allylic oxidation sites excluding steroid dienone is 1. The van der Waals surface area contributed by atoms with Gasteiger partial charge < -0.3 is 0 Å². The zero-order chi connectivity index (χ0) is 5.86. The largest absolute Gasteiger partial charge is 0.234 e. The van der Waals surface area contributed by atoms with E-state index in [4.69, 9.17) is 0 Å². The van der Waals surface area contributed by atoms with Gasteiger partial charge in [0.25, 0.3) is 0 Å². The predicted molar refractivity (Wildman–Crippen MR) is 29.5 cm³/mol. The topological polar surface area (TPSA) is 17.1 Å². The predicted octanol–water partition coefficient (Wildman–Crippen LogP) is 1.38. The maximum Gasteiger partial charge on any atom is 0.123 e. The number of carbonyl (C=O) groups excluding carboxylic acids is 1. The van der Waals surface area contributed by atoms with Gasteiger partial charge in [0, 0.05) is 11.5 Å². The van der Waals surface area contributed by atoms with Gasteiger partial charge in [-0.3, -0.25) is 0 Å². The van der Waals surface area contributed by atoms with E-state index in [-0.39, 0.29) is 0 Å². The molecule has 39 valence electrons. The Bertz CT molecular complexity index is 96.7. The van der Waals surface area contributed by atoms with E-state index in [0.29, 0.717) is 5.57 Å². The van der Waals surface area contributed by atoms with Crippen LogP contribution in [0.25, 0.3) is 0 Å². The summed E-state index contributed by atoms with van der Waals surface area (Å²) in [6.45, 7) is 5.53. The maximum atomic E-state index is 9.76. The number of rotatable bonds is 1. The average molecular weight is 97.1 g/mol. The second kappa shape index (κ2) is 2.59.